The van der Waals surface area contributed by atoms with Gasteiger partial charge in [-0.1, -0.05) is 32.9 Å². The Morgan fingerprint density at radius 2 is 1.62 bits per heavy atom. The van der Waals surface area contributed by atoms with E-state index >= 15 is 0 Å². The highest BCUT2D eigenvalue weighted by atomic mass is 19.1. The number of hydrogen-bond acceptors (Lipinski definition) is 2. The molecular weight excluding hydrogens is 399 g/mol. The lowest BCUT2D eigenvalue weighted by molar-refractivity contribution is -0.131. The monoisotopic (exact) mass is 442 g/mol. The average molecular weight is 443 g/mol. The second kappa shape index (κ2) is 8.38. The summed E-state index contributed by atoms with van der Waals surface area (Å²) < 4.78 is 13.3. The van der Waals surface area contributed by atoms with Crippen LogP contribution in [0.1, 0.15) is 84.1 Å². The summed E-state index contributed by atoms with van der Waals surface area (Å²) in [5, 5.41) is 21.4. The predicted octanol–water partition coefficient (Wildman–Crippen LogP) is 6.39. The van der Waals surface area contributed by atoms with Gasteiger partial charge in [-0.05, 0) is 128 Å². The van der Waals surface area contributed by atoms with Gasteiger partial charge in [0.25, 0.3) is 0 Å². The number of hydrogen-bond donors (Lipinski definition) is 2. The highest BCUT2D eigenvalue weighted by molar-refractivity contribution is 5.17. The van der Waals surface area contributed by atoms with Gasteiger partial charge in [-0.3, -0.25) is 0 Å². The summed E-state index contributed by atoms with van der Waals surface area (Å²) in [4.78, 5) is 0. The second-order valence-electron chi connectivity index (χ2n) is 12.6. The number of halogens is 1. The molecule has 4 fully saturated rings. The fourth-order valence-electron chi connectivity index (χ4n) is 9.46. The van der Waals surface area contributed by atoms with Crippen LogP contribution in [0.15, 0.2) is 24.3 Å². The van der Waals surface area contributed by atoms with Gasteiger partial charge < -0.3 is 10.2 Å². The molecule has 0 bridgehead atoms. The standard InChI is InChI=1S/C29H43FO2/c1-18(27(32)16-19-4-7-21(30)8-5-19)24-10-11-25-23-9-6-20-17-22(31)12-14-28(20,2)26(23)13-15-29(24,25)3/h4-5,7-8,18,20,22-27,31-32H,6,9-17H2,1-3H3. The van der Waals surface area contributed by atoms with Crippen molar-refractivity contribution in [2.24, 2.45) is 46.3 Å². The number of aliphatic hydroxyl groups excluding tert-OH is 2. The maximum Gasteiger partial charge on any atom is 0.123 e. The molecule has 178 valence electrons. The number of aliphatic hydroxyl groups is 2. The fraction of sp³-hybridized carbons (Fsp3) is 0.793. The van der Waals surface area contributed by atoms with Crippen LogP contribution in [-0.2, 0) is 6.42 Å². The van der Waals surface area contributed by atoms with Gasteiger partial charge in [-0.15, -0.1) is 0 Å². The van der Waals surface area contributed by atoms with Crippen molar-refractivity contribution in [1.29, 1.82) is 0 Å². The van der Waals surface area contributed by atoms with E-state index in [4.69, 9.17) is 0 Å². The third kappa shape index (κ3) is 3.66. The molecule has 0 aromatic heterocycles. The molecule has 0 radical (unpaired) electrons. The Labute approximate surface area is 194 Å². The first kappa shape index (κ1) is 22.8. The van der Waals surface area contributed by atoms with Crippen molar-refractivity contribution >= 4 is 0 Å². The third-order valence-electron chi connectivity index (χ3n) is 11.3. The van der Waals surface area contributed by atoms with Crippen molar-refractivity contribution in [2.75, 3.05) is 0 Å². The SMILES string of the molecule is CC(C(O)Cc1ccc(F)cc1)C1CCC2C3CCC4CC(O)CCC4(C)C3CCC12C. The van der Waals surface area contributed by atoms with Crippen LogP contribution >= 0.6 is 0 Å². The van der Waals surface area contributed by atoms with Crippen molar-refractivity contribution < 1.29 is 14.6 Å². The van der Waals surface area contributed by atoms with Gasteiger partial charge in [0.2, 0.25) is 0 Å². The Bertz CT molecular complexity index is 808. The van der Waals surface area contributed by atoms with Gasteiger partial charge in [-0.2, -0.15) is 0 Å². The van der Waals surface area contributed by atoms with Crippen LogP contribution in [0.2, 0.25) is 0 Å². The summed E-state index contributed by atoms with van der Waals surface area (Å²) in [5.41, 5.74) is 1.79. The van der Waals surface area contributed by atoms with E-state index in [1.165, 1.54) is 57.1 Å². The minimum absolute atomic E-state index is 0.0715. The quantitative estimate of drug-likeness (QED) is 0.567. The molecule has 0 amide bonds. The molecule has 10 atom stereocenters. The maximum absolute atomic E-state index is 13.3. The minimum atomic E-state index is -0.369. The molecule has 5 rings (SSSR count). The average Bonchev–Trinajstić information content (AvgIpc) is 3.12. The van der Waals surface area contributed by atoms with Crippen LogP contribution in [0.5, 0.6) is 0 Å². The first-order valence-electron chi connectivity index (χ1n) is 13.3. The van der Waals surface area contributed by atoms with Crippen molar-refractivity contribution in [2.45, 2.75) is 97.2 Å². The zero-order valence-corrected chi connectivity index (χ0v) is 20.3. The molecule has 4 saturated carbocycles. The topological polar surface area (TPSA) is 40.5 Å². The summed E-state index contributed by atoms with van der Waals surface area (Å²) in [6.07, 6.45) is 11.2. The van der Waals surface area contributed by atoms with Crippen molar-refractivity contribution in [3.05, 3.63) is 35.6 Å². The summed E-state index contributed by atoms with van der Waals surface area (Å²) in [7, 11) is 0. The van der Waals surface area contributed by atoms with Crippen LogP contribution in [0.25, 0.3) is 0 Å². The van der Waals surface area contributed by atoms with E-state index in [0.717, 1.165) is 36.2 Å². The Morgan fingerprint density at radius 3 is 2.38 bits per heavy atom. The van der Waals surface area contributed by atoms with Crippen LogP contribution in [0.4, 0.5) is 4.39 Å². The Kier molecular flexibility index (Phi) is 5.98. The summed E-state index contributed by atoms with van der Waals surface area (Å²) in [5.74, 6) is 3.78. The first-order valence-corrected chi connectivity index (χ1v) is 13.3. The van der Waals surface area contributed by atoms with Gasteiger partial charge in [-0.25, -0.2) is 4.39 Å². The molecule has 0 spiro atoms. The van der Waals surface area contributed by atoms with Gasteiger partial charge in [0, 0.05) is 0 Å². The van der Waals surface area contributed by atoms with Crippen molar-refractivity contribution in [3.63, 3.8) is 0 Å². The molecule has 10 unspecified atom stereocenters. The molecule has 3 heteroatoms. The van der Waals surface area contributed by atoms with Crippen LogP contribution in [0, 0.1) is 52.2 Å². The molecular formula is C29H43FO2. The summed E-state index contributed by atoms with van der Waals surface area (Å²) in [6, 6.07) is 6.63. The highest BCUT2D eigenvalue weighted by Gasteiger charge is 2.60. The molecule has 0 aliphatic heterocycles. The first-order chi connectivity index (χ1) is 15.2. The van der Waals surface area contributed by atoms with Gasteiger partial charge in [0.15, 0.2) is 0 Å². The summed E-state index contributed by atoms with van der Waals surface area (Å²) >= 11 is 0. The fourth-order valence-corrected chi connectivity index (χ4v) is 9.46. The molecule has 0 saturated heterocycles. The van der Waals surface area contributed by atoms with Gasteiger partial charge in [0.05, 0.1) is 12.2 Å². The van der Waals surface area contributed by atoms with E-state index in [0.29, 0.717) is 29.1 Å². The van der Waals surface area contributed by atoms with Gasteiger partial charge in [0.1, 0.15) is 5.82 Å². The van der Waals surface area contributed by atoms with Crippen LogP contribution in [0.3, 0.4) is 0 Å². The van der Waals surface area contributed by atoms with Crippen LogP contribution in [-0.4, -0.2) is 22.4 Å². The van der Waals surface area contributed by atoms with E-state index < -0.39 is 0 Å². The number of fused-ring (bicyclic) bond motifs is 5. The predicted molar refractivity (Wildman–Crippen MR) is 126 cm³/mol. The molecule has 32 heavy (non-hydrogen) atoms. The highest BCUT2D eigenvalue weighted by Crippen LogP contribution is 2.68. The van der Waals surface area contributed by atoms with Gasteiger partial charge >= 0.3 is 0 Å². The normalized spacial score (nSPS) is 45.4. The van der Waals surface area contributed by atoms with Crippen molar-refractivity contribution in [3.8, 4) is 0 Å². The number of rotatable bonds is 4. The van der Waals surface area contributed by atoms with Crippen molar-refractivity contribution in [1.82, 2.24) is 0 Å². The molecule has 2 N–H and O–H groups in total. The lowest BCUT2D eigenvalue weighted by Crippen LogP contribution is -2.54. The second-order valence-corrected chi connectivity index (χ2v) is 12.6. The molecule has 1 aromatic carbocycles. The molecule has 4 aliphatic rings. The van der Waals surface area contributed by atoms with E-state index in [1.54, 1.807) is 0 Å². The Hall–Kier alpha value is -0.930. The number of benzene rings is 1. The maximum atomic E-state index is 13.3. The molecule has 0 heterocycles. The molecule has 2 nitrogen and oxygen atoms in total. The molecule has 4 aliphatic carbocycles. The van der Waals surface area contributed by atoms with Crippen LogP contribution < -0.4 is 0 Å². The van der Waals surface area contributed by atoms with E-state index in [1.807, 2.05) is 12.1 Å². The van der Waals surface area contributed by atoms with E-state index in [9.17, 15) is 14.6 Å². The van der Waals surface area contributed by atoms with E-state index in [-0.39, 0.29) is 23.9 Å². The minimum Gasteiger partial charge on any atom is -0.393 e. The third-order valence-corrected chi connectivity index (χ3v) is 11.3. The lowest BCUT2D eigenvalue weighted by atomic mass is 9.44. The largest absolute Gasteiger partial charge is 0.393 e. The van der Waals surface area contributed by atoms with E-state index in [2.05, 4.69) is 20.8 Å². The Morgan fingerprint density at radius 1 is 0.938 bits per heavy atom. The Balaban J connectivity index is 1.31. The molecule has 1 aromatic rings. The lowest BCUT2D eigenvalue weighted by Gasteiger charge is -2.61. The zero-order chi connectivity index (χ0) is 22.7. The zero-order valence-electron chi connectivity index (χ0n) is 20.3. The smallest absolute Gasteiger partial charge is 0.123 e. The summed E-state index contributed by atoms with van der Waals surface area (Å²) in [6.45, 7) is 7.37.